The van der Waals surface area contributed by atoms with Crippen molar-refractivity contribution in [3.8, 4) is 12.3 Å². The van der Waals surface area contributed by atoms with E-state index in [0.29, 0.717) is 6.54 Å². The topological polar surface area (TPSA) is 29.3 Å². The SMILES string of the molecule is C#CCN(C)Cc1ccc(N)c(C)c1. The van der Waals surface area contributed by atoms with Crippen molar-refractivity contribution in [2.45, 2.75) is 13.5 Å². The van der Waals surface area contributed by atoms with Crippen LogP contribution >= 0.6 is 0 Å². The van der Waals surface area contributed by atoms with Gasteiger partial charge in [0.1, 0.15) is 0 Å². The number of nitrogens with two attached hydrogens (primary N) is 1. The molecular formula is C12H16N2. The van der Waals surface area contributed by atoms with Crippen molar-refractivity contribution in [1.29, 1.82) is 0 Å². The minimum absolute atomic E-state index is 0.670. The van der Waals surface area contributed by atoms with Gasteiger partial charge in [0.05, 0.1) is 6.54 Å². The van der Waals surface area contributed by atoms with Crippen LogP contribution in [-0.2, 0) is 6.54 Å². The zero-order valence-electron chi connectivity index (χ0n) is 8.75. The molecule has 0 spiro atoms. The van der Waals surface area contributed by atoms with Crippen LogP contribution in [-0.4, -0.2) is 18.5 Å². The summed E-state index contributed by atoms with van der Waals surface area (Å²) in [5, 5.41) is 0. The minimum Gasteiger partial charge on any atom is -0.399 e. The molecule has 0 aliphatic heterocycles. The third-order valence-corrected chi connectivity index (χ3v) is 2.15. The quantitative estimate of drug-likeness (QED) is 0.577. The second-order valence-electron chi connectivity index (χ2n) is 3.57. The highest BCUT2D eigenvalue weighted by Gasteiger charge is 2.00. The largest absolute Gasteiger partial charge is 0.399 e. The Hall–Kier alpha value is -1.46. The normalized spacial score (nSPS) is 10.1. The molecule has 0 heterocycles. The molecule has 1 aromatic rings. The maximum absolute atomic E-state index is 5.73. The first-order valence-electron chi connectivity index (χ1n) is 4.60. The van der Waals surface area contributed by atoms with E-state index < -0.39 is 0 Å². The summed E-state index contributed by atoms with van der Waals surface area (Å²) in [6.07, 6.45) is 5.23. The summed E-state index contributed by atoms with van der Waals surface area (Å²) < 4.78 is 0. The number of nitrogen functional groups attached to an aromatic ring is 1. The van der Waals surface area contributed by atoms with E-state index in [-0.39, 0.29) is 0 Å². The Bertz CT molecular complexity index is 350. The second-order valence-corrected chi connectivity index (χ2v) is 3.57. The van der Waals surface area contributed by atoms with E-state index in [1.54, 1.807) is 0 Å². The summed E-state index contributed by atoms with van der Waals surface area (Å²) in [7, 11) is 2.01. The fourth-order valence-corrected chi connectivity index (χ4v) is 1.36. The van der Waals surface area contributed by atoms with Gasteiger partial charge in [-0.1, -0.05) is 18.1 Å². The van der Waals surface area contributed by atoms with Gasteiger partial charge in [-0.05, 0) is 31.2 Å². The lowest BCUT2D eigenvalue weighted by Gasteiger charge is -2.13. The molecular weight excluding hydrogens is 172 g/mol. The molecule has 0 saturated carbocycles. The lowest BCUT2D eigenvalue weighted by Crippen LogP contribution is -2.17. The van der Waals surface area contributed by atoms with Gasteiger partial charge < -0.3 is 5.73 Å². The summed E-state index contributed by atoms with van der Waals surface area (Å²) in [5.41, 5.74) is 8.94. The molecule has 0 fully saturated rings. The molecule has 0 unspecified atom stereocenters. The van der Waals surface area contributed by atoms with Gasteiger partial charge >= 0.3 is 0 Å². The van der Waals surface area contributed by atoms with Crippen LogP contribution < -0.4 is 5.73 Å². The van der Waals surface area contributed by atoms with Crippen LogP contribution in [0.15, 0.2) is 18.2 Å². The molecule has 2 nitrogen and oxygen atoms in total. The number of anilines is 1. The first-order chi connectivity index (χ1) is 6.63. The van der Waals surface area contributed by atoms with Gasteiger partial charge in [-0.2, -0.15) is 0 Å². The summed E-state index contributed by atoms with van der Waals surface area (Å²) >= 11 is 0. The van der Waals surface area contributed by atoms with E-state index in [1.165, 1.54) is 5.56 Å². The Morgan fingerprint density at radius 2 is 2.21 bits per heavy atom. The molecule has 0 bridgehead atoms. The van der Waals surface area contributed by atoms with Crippen LogP contribution in [0.1, 0.15) is 11.1 Å². The molecule has 1 aromatic carbocycles. The van der Waals surface area contributed by atoms with Crippen LogP contribution in [0, 0.1) is 19.3 Å². The number of nitrogens with zero attached hydrogens (tertiary/aromatic N) is 1. The van der Waals surface area contributed by atoms with E-state index in [0.717, 1.165) is 17.8 Å². The third-order valence-electron chi connectivity index (χ3n) is 2.15. The van der Waals surface area contributed by atoms with Crippen LogP contribution in [0.3, 0.4) is 0 Å². The van der Waals surface area contributed by atoms with Gasteiger partial charge in [0.15, 0.2) is 0 Å². The van der Waals surface area contributed by atoms with Gasteiger partial charge in [-0.3, -0.25) is 4.90 Å². The summed E-state index contributed by atoms with van der Waals surface area (Å²) in [6.45, 7) is 3.55. The highest BCUT2D eigenvalue weighted by atomic mass is 15.1. The number of hydrogen-bond donors (Lipinski definition) is 1. The predicted octanol–water partition coefficient (Wildman–Crippen LogP) is 1.64. The Balaban J connectivity index is 2.69. The van der Waals surface area contributed by atoms with E-state index in [1.807, 2.05) is 26.1 Å². The Kier molecular flexibility index (Phi) is 3.55. The molecule has 0 atom stereocenters. The molecule has 0 saturated heterocycles. The molecule has 74 valence electrons. The lowest BCUT2D eigenvalue weighted by molar-refractivity contribution is 0.369. The minimum atomic E-state index is 0.670. The number of rotatable bonds is 3. The van der Waals surface area contributed by atoms with Crippen molar-refractivity contribution < 1.29 is 0 Å². The van der Waals surface area contributed by atoms with Crippen molar-refractivity contribution >= 4 is 5.69 Å². The second kappa shape index (κ2) is 4.69. The van der Waals surface area contributed by atoms with Gasteiger partial charge in [0, 0.05) is 12.2 Å². The molecule has 2 heteroatoms. The van der Waals surface area contributed by atoms with Crippen molar-refractivity contribution in [1.82, 2.24) is 4.90 Å². The summed E-state index contributed by atoms with van der Waals surface area (Å²) in [6, 6.07) is 6.08. The van der Waals surface area contributed by atoms with Crippen LogP contribution in [0.25, 0.3) is 0 Å². The fourth-order valence-electron chi connectivity index (χ4n) is 1.36. The van der Waals surface area contributed by atoms with E-state index in [2.05, 4.69) is 16.9 Å². The Morgan fingerprint density at radius 3 is 2.79 bits per heavy atom. The number of aryl methyl sites for hydroxylation is 1. The van der Waals surface area contributed by atoms with Crippen LogP contribution in [0.2, 0.25) is 0 Å². The number of terminal acetylenes is 1. The molecule has 1 rings (SSSR count). The highest BCUT2D eigenvalue weighted by molar-refractivity contribution is 5.47. The summed E-state index contributed by atoms with van der Waals surface area (Å²) in [5.74, 6) is 2.61. The standard InChI is InChI=1S/C12H16N2/c1-4-7-14(3)9-11-5-6-12(13)10(2)8-11/h1,5-6,8H,7,9,13H2,2-3H3. The molecule has 0 aliphatic rings. The van der Waals surface area contributed by atoms with E-state index in [9.17, 15) is 0 Å². The first kappa shape index (κ1) is 10.6. The van der Waals surface area contributed by atoms with Crippen molar-refractivity contribution in [3.63, 3.8) is 0 Å². The molecule has 0 radical (unpaired) electrons. The first-order valence-corrected chi connectivity index (χ1v) is 4.60. The lowest BCUT2D eigenvalue weighted by atomic mass is 10.1. The average molecular weight is 188 g/mol. The zero-order chi connectivity index (χ0) is 10.6. The maximum Gasteiger partial charge on any atom is 0.0599 e. The molecule has 0 amide bonds. The van der Waals surface area contributed by atoms with Crippen LogP contribution in [0.5, 0.6) is 0 Å². The molecule has 14 heavy (non-hydrogen) atoms. The average Bonchev–Trinajstić information content (AvgIpc) is 2.12. The molecule has 0 aliphatic carbocycles. The fraction of sp³-hybridized carbons (Fsp3) is 0.333. The Labute approximate surface area is 85.7 Å². The maximum atomic E-state index is 5.73. The van der Waals surface area contributed by atoms with E-state index in [4.69, 9.17) is 12.2 Å². The predicted molar refractivity (Wildman–Crippen MR) is 60.8 cm³/mol. The number of benzene rings is 1. The van der Waals surface area contributed by atoms with Crippen LogP contribution in [0.4, 0.5) is 5.69 Å². The monoisotopic (exact) mass is 188 g/mol. The van der Waals surface area contributed by atoms with E-state index >= 15 is 0 Å². The third kappa shape index (κ3) is 2.79. The van der Waals surface area contributed by atoms with Gasteiger partial charge in [-0.15, -0.1) is 6.42 Å². The van der Waals surface area contributed by atoms with Gasteiger partial charge in [0.25, 0.3) is 0 Å². The van der Waals surface area contributed by atoms with Gasteiger partial charge in [-0.25, -0.2) is 0 Å². The molecule has 2 N–H and O–H groups in total. The highest BCUT2D eigenvalue weighted by Crippen LogP contribution is 2.13. The smallest absolute Gasteiger partial charge is 0.0599 e. The molecule has 0 aromatic heterocycles. The zero-order valence-corrected chi connectivity index (χ0v) is 8.75. The summed E-state index contributed by atoms with van der Waals surface area (Å²) in [4.78, 5) is 2.09. The van der Waals surface area contributed by atoms with Crippen molar-refractivity contribution in [2.24, 2.45) is 0 Å². The van der Waals surface area contributed by atoms with Crippen molar-refractivity contribution in [3.05, 3.63) is 29.3 Å². The van der Waals surface area contributed by atoms with Gasteiger partial charge in [0.2, 0.25) is 0 Å². The Morgan fingerprint density at radius 1 is 1.50 bits per heavy atom. The number of hydrogen-bond acceptors (Lipinski definition) is 2. The van der Waals surface area contributed by atoms with Crippen molar-refractivity contribution in [2.75, 3.05) is 19.3 Å².